The molecule has 0 unspecified atom stereocenters. The minimum Gasteiger partial charge on any atom is -0.465 e. The van der Waals surface area contributed by atoms with Crippen LogP contribution in [0.25, 0.3) is 0 Å². The largest absolute Gasteiger partial charge is 0.465 e. The van der Waals surface area contributed by atoms with Crippen LogP contribution in [0.5, 0.6) is 0 Å². The first kappa shape index (κ1) is 18.5. The lowest BCUT2D eigenvalue weighted by atomic mass is 10.1. The number of carbonyl (C=O) groups excluding carboxylic acids is 3. The van der Waals surface area contributed by atoms with Gasteiger partial charge in [0, 0.05) is 18.9 Å². The van der Waals surface area contributed by atoms with Crippen molar-refractivity contribution in [2.45, 2.75) is 24.8 Å². The summed E-state index contributed by atoms with van der Waals surface area (Å²) < 4.78 is 4.66. The van der Waals surface area contributed by atoms with Crippen LogP contribution >= 0.6 is 0 Å². The molecular weight excluding hydrogens is 348 g/mol. The molecule has 1 heterocycles. The van der Waals surface area contributed by atoms with Crippen LogP contribution in [0.4, 0.5) is 0 Å². The Morgan fingerprint density at radius 2 is 1.74 bits per heavy atom. The van der Waals surface area contributed by atoms with E-state index < -0.39 is 5.54 Å². The quantitative estimate of drug-likeness (QED) is 0.702. The van der Waals surface area contributed by atoms with Gasteiger partial charge in [0.05, 0.1) is 18.2 Å². The second kappa shape index (κ2) is 7.94. The Balaban J connectivity index is 1.49. The van der Waals surface area contributed by atoms with Crippen molar-refractivity contribution < 1.29 is 19.1 Å². The average Bonchev–Trinajstić information content (AvgIpc) is 3.49. The lowest BCUT2D eigenvalue weighted by Gasteiger charge is -2.17. The SMILES string of the molecule is COC(=O)c1ccc(CCNC(=O)C2(NC(=O)c3cncnc3)CC2)cc1. The van der Waals surface area contributed by atoms with E-state index in [0.717, 1.165) is 5.56 Å². The molecule has 0 saturated heterocycles. The minimum atomic E-state index is -0.846. The Labute approximate surface area is 156 Å². The summed E-state index contributed by atoms with van der Waals surface area (Å²) in [5.74, 6) is -0.939. The van der Waals surface area contributed by atoms with E-state index in [4.69, 9.17) is 0 Å². The Bertz CT molecular complexity index is 833. The molecule has 8 nitrogen and oxygen atoms in total. The molecule has 1 aromatic carbocycles. The number of amides is 2. The third-order valence-electron chi connectivity index (χ3n) is 4.43. The standard InChI is InChI=1S/C19H20N4O4/c1-27-17(25)14-4-2-13(3-5-14)6-9-22-18(26)19(7-8-19)23-16(24)15-10-20-12-21-11-15/h2-5,10-12H,6-9H2,1H3,(H,22,26)(H,23,24). The zero-order chi connectivity index (χ0) is 19.3. The Kier molecular flexibility index (Phi) is 5.44. The van der Waals surface area contributed by atoms with Crippen LogP contribution < -0.4 is 10.6 Å². The molecule has 2 aromatic rings. The molecule has 1 saturated carbocycles. The van der Waals surface area contributed by atoms with E-state index in [9.17, 15) is 14.4 Å². The highest BCUT2D eigenvalue weighted by atomic mass is 16.5. The Morgan fingerprint density at radius 3 is 2.33 bits per heavy atom. The van der Waals surface area contributed by atoms with Crippen molar-refractivity contribution in [3.8, 4) is 0 Å². The van der Waals surface area contributed by atoms with Gasteiger partial charge in [0.15, 0.2) is 0 Å². The first-order valence-electron chi connectivity index (χ1n) is 8.57. The molecule has 140 valence electrons. The molecule has 27 heavy (non-hydrogen) atoms. The number of esters is 1. The monoisotopic (exact) mass is 368 g/mol. The van der Waals surface area contributed by atoms with Crippen molar-refractivity contribution in [1.29, 1.82) is 0 Å². The molecule has 1 aliphatic rings. The van der Waals surface area contributed by atoms with Crippen LogP contribution in [0, 0.1) is 0 Å². The number of nitrogens with zero attached hydrogens (tertiary/aromatic N) is 2. The van der Waals surface area contributed by atoms with E-state index in [1.807, 2.05) is 12.1 Å². The van der Waals surface area contributed by atoms with Crippen LogP contribution in [0.1, 0.15) is 39.1 Å². The molecule has 3 rings (SSSR count). The summed E-state index contributed by atoms with van der Waals surface area (Å²) >= 11 is 0. The van der Waals surface area contributed by atoms with Crippen molar-refractivity contribution >= 4 is 17.8 Å². The molecule has 2 N–H and O–H groups in total. The number of hydrogen-bond donors (Lipinski definition) is 2. The maximum Gasteiger partial charge on any atom is 0.337 e. The molecule has 2 amide bonds. The van der Waals surface area contributed by atoms with Gasteiger partial charge in [-0.05, 0) is 37.0 Å². The normalized spacial score (nSPS) is 14.1. The zero-order valence-electron chi connectivity index (χ0n) is 14.9. The smallest absolute Gasteiger partial charge is 0.337 e. The molecule has 0 bridgehead atoms. The van der Waals surface area contributed by atoms with Gasteiger partial charge in [0.25, 0.3) is 5.91 Å². The molecule has 1 aliphatic carbocycles. The number of hydrogen-bond acceptors (Lipinski definition) is 6. The van der Waals surface area contributed by atoms with Crippen molar-refractivity contribution in [2.24, 2.45) is 0 Å². The molecule has 0 atom stereocenters. The van der Waals surface area contributed by atoms with Gasteiger partial charge in [-0.25, -0.2) is 14.8 Å². The van der Waals surface area contributed by atoms with Gasteiger partial charge >= 0.3 is 5.97 Å². The minimum absolute atomic E-state index is 0.195. The van der Waals surface area contributed by atoms with Gasteiger partial charge < -0.3 is 15.4 Å². The molecule has 0 radical (unpaired) electrons. The molecule has 0 aliphatic heterocycles. The van der Waals surface area contributed by atoms with Crippen LogP contribution in [-0.2, 0) is 16.0 Å². The number of benzene rings is 1. The van der Waals surface area contributed by atoms with Crippen molar-refractivity contribution in [2.75, 3.05) is 13.7 Å². The van der Waals surface area contributed by atoms with E-state index >= 15 is 0 Å². The second-order valence-corrected chi connectivity index (χ2v) is 6.36. The number of methoxy groups -OCH3 is 1. The topological polar surface area (TPSA) is 110 Å². The summed E-state index contributed by atoms with van der Waals surface area (Å²) in [7, 11) is 1.34. The van der Waals surface area contributed by atoms with Crippen molar-refractivity contribution in [1.82, 2.24) is 20.6 Å². The van der Waals surface area contributed by atoms with Crippen LogP contribution in [0.2, 0.25) is 0 Å². The van der Waals surface area contributed by atoms with E-state index in [-0.39, 0.29) is 17.8 Å². The second-order valence-electron chi connectivity index (χ2n) is 6.36. The van der Waals surface area contributed by atoms with E-state index in [2.05, 4.69) is 25.3 Å². The van der Waals surface area contributed by atoms with Crippen LogP contribution in [-0.4, -0.2) is 46.9 Å². The summed E-state index contributed by atoms with van der Waals surface area (Å²) in [5.41, 5.74) is 0.942. The Morgan fingerprint density at radius 1 is 1.07 bits per heavy atom. The van der Waals surface area contributed by atoms with Crippen LogP contribution in [0.3, 0.4) is 0 Å². The number of aromatic nitrogens is 2. The maximum absolute atomic E-state index is 12.4. The number of rotatable bonds is 7. The highest BCUT2D eigenvalue weighted by molar-refractivity contribution is 6.00. The fourth-order valence-electron chi connectivity index (χ4n) is 2.65. The first-order chi connectivity index (χ1) is 13.0. The van der Waals surface area contributed by atoms with Crippen molar-refractivity contribution in [3.63, 3.8) is 0 Å². The van der Waals surface area contributed by atoms with Crippen molar-refractivity contribution in [3.05, 3.63) is 59.7 Å². The third kappa shape index (κ3) is 4.46. The fourth-order valence-corrected chi connectivity index (χ4v) is 2.65. The van der Waals surface area contributed by atoms with E-state index in [1.54, 1.807) is 12.1 Å². The third-order valence-corrected chi connectivity index (χ3v) is 4.43. The summed E-state index contributed by atoms with van der Waals surface area (Å²) in [5, 5.41) is 5.64. The number of nitrogens with one attached hydrogen (secondary N) is 2. The molecular formula is C19H20N4O4. The molecule has 8 heteroatoms. The van der Waals surface area contributed by atoms with Gasteiger partial charge in [0.2, 0.25) is 5.91 Å². The summed E-state index contributed by atoms with van der Waals surface area (Å²) in [6, 6.07) is 7.02. The van der Waals surface area contributed by atoms with Gasteiger partial charge in [-0.15, -0.1) is 0 Å². The predicted octanol–water partition coefficient (Wildman–Crippen LogP) is 0.884. The maximum atomic E-state index is 12.4. The number of ether oxygens (including phenoxy) is 1. The summed E-state index contributed by atoms with van der Waals surface area (Å²) in [6.07, 6.45) is 5.98. The molecule has 1 fully saturated rings. The molecule has 1 aromatic heterocycles. The van der Waals surface area contributed by atoms with Gasteiger partial charge in [0.1, 0.15) is 11.9 Å². The number of carbonyl (C=O) groups is 3. The summed E-state index contributed by atoms with van der Waals surface area (Å²) in [6.45, 7) is 0.433. The Hall–Kier alpha value is -3.29. The molecule has 0 spiro atoms. The fraction of sp³-hybridized carbons (Fsp3) is 0.316. The predicted molar refractivity (Wildman–Crippen MR) is 96.0 cm³/mol. The van der Waals surface area contributed by atoms with Gasteiger partial charge in [-0.3, -0.25) is 9.59 Å². The first-order valence-corrected chi connectivity index (χ1v) is 8.57. The van der Waals surface area contributed by atoms with Gasteiger partial charge in [-0.1, -0.05) is 12.1 Å². The average molecular weight is 368 g/mol. The summed E-state index contributed by atoms with van der Waals surface area (Å²) in [4.78, 5) is 43.7. The lowest BCUT2D eigenvalue weighted by Crippen LogP contribution is -2.49. The lowest BCUT2D eigenvalue weighted by molar-refractivity contribution is -0.123. The van der Waals surface area contributed by atoms with Crippen LogP contribution in [0.15, 0.2) is 43.0 Å². The highest BCUT2D eigenvalue weighted by Crippen LogP contribution is 2.35. The zero-order valence-corrected chi connectivity index (χ0v) is 14.9. The highest BCUT2D eigenvalue weighted by Gasteiger charge is 2.51. The van der Waals surface area contributed by atoms with Gasteiger partial charge in [-0.2, -0.15) is 0 Å². The van der Waals surface area contributed by atoms with E-state index in [0.29, 0.717) is 36.9 Å². The van der Waals surface area contributed by atoms with E-state index in [1.165, 1.54) is 25.8 Å².